The topological polar surface area (TPSA) is 26.3 Å². The van der Waals surface area contributed by atoms with Crippen molar-refractivity contribution in [1.29, 1.82) is 0 Å². The molecule has 3 heteroatoms. The minimum Gasteiger partial charge on any atom is -0.463 e. The molecule has 0 aliphatic heterocycles. The van der Waals surface area contributed by atoms with E-state index in [9.17, 15) is 4.79 Å². The van der Waals surface area contributed by atoms with Crippen molar-refractivity contribution >= 4 is 18.6 Å². The predicted octanol–water partition coefficient (Wildman–Crippen LogP) is 3.19. The minimum atomic E-state index is -0.302. The molecule has 0 unspecified atom stereocenters. The van der Waals surface area contributed by atoms with E-state index in [4.69, 9.17) is 4.74 Å². The van der Waals surface area contributed by atoms with Gasteiger partial charge in [0.15, 0.2) is 0 Å². The Morgan fingerprint density at radius 1 is 1.36 bits per heavy atom. The van der Waals surface area contributed by atoms with Crippen LogP contribution in [-0.4, -0.2) is 12.6 Å². The third-order valence-corrected chi connectivity index (χ3v) is 2.03. The molecule has 0 N–H and O–H groups in total. The SMILES string of the molecule is CC(C)CCCCCOC(=O)C=CS. The third-order valence-electron chi connectivity index (χ3n) is 1.88. The van der Waals surface area contributed by atoms with Crippen molar-refractivity contribution in [3.8, 4) is 0 Å². The van der Waals surface area contributed by atoms with Crippen molar-refractivity contribution in [3.05, 3.63) is 11.5 Å². The summed E-state index contributed by atoms with van der Waals surface area (Å²) in [5, 5.41) is 1.39. The van der Waals surface area contributed by atoms with Gasteiger partial charge in [-0.1, -0.05) is 33.1 Å². The Balaban J connectivity index is 3.17. The molecule has 2 nitrogen and oxygen atoms in total. The molecule has 0 saturated carbocycles. The molecule has 0 heterocycles. The van der Waals surface area contributed by atoms with E-state index in [-0.39, 0.29) is 5.97 Å². The maximum atomic E-state index is 10.8. The Bertz CT molecular complexity index is 176. The zero-order valence-electron chi connectivity index (χ0n) is 9.03. The molecule has 0 amide bonds. The van der Waals surface area contributed by atoms with Crippen LogP contribution in [0.3, 0.4) is 0 Å². The number of carbonyl (C=O) groups excluding carboxylic acids is 1. The molecule has 82 valence electrons. The van der Waals surface area contributed by atoms with Crippen molar-refractivity contribution in [3.63, 3.8) is 0 Å². The average molecular weight is 216 g/mol. The van der Waals surface area contributed by atoms with E-state index in [0.717, 1.165) is 18.8 Å². The van der Waals surface area contributed by atoms with Gasteiger partial charge in [-0.05, 0) is 17.7 Å². The van der Waals surface area contributed by atoms with Gasteiger partial charge in [0.05, 0.1) is 6.61 Å². The molecular formula is C11H20O2S. The number of carbonyl (C=O) groups is 1. The summed E-state index contributed by atoms with van der Waals surface area (Å²) >= 11 is 3.78. The van der Waals surface area contributed by atoms with E-state index in [1.807, 2.05) is 0 Å². The largest absolute Gasteiger partial charge is 0.463 e. The zero-order chi connectivity index (χ0) is 10.8. The number of hydrogen-bond donors (Lipinski definition) is 1. The van der Waals surface area contributed by atoms with Gasteiger partial charge in [-0.15, -0.1) is 0 Å². The normalized spacial score (nSPS) is 11.1. The van der Waals surface area contributed by atoms with Gasteiger partial charge >= 0.3 is 5.97 Å². The Kier molecular flexibility index (Phi) is 8.84. The van der Waals surface area contributed by atoms with E-state index >= 15 is 0 Å². The van der Waals surface area contributed by atoms with E-state index < -0.39 is 0 Å². The lowest BCUT2D eigenvalue weighted by molar-refractivity contribution is -0.137. The van der Waals surface area contributed by atoms with E-state index in [1.165, 1.54) is 24.3 Å². The summed E-state index contributed by atoms with van der Waals surface area (Å²) in [6, 6.07) is 0. The standard InChI is InChI=1S/C11H20O2S/c1-10(2)6-4-3-5-8-13-11(12)7-9-14/h7,9-10,14H,3-6,8H2,1-2H3. The summed E-state index contributed by atoms with van der Waals surface area (Å²) in [5.74, 6) is 0.466. The second kappa shape index (κ2) is 9.13. The molecule has 0 saturated heterocycles. The average Bonchev–Trinajstić information content (AvgIpc) is 2.11. The lowest BCUT2D eigenvalue weighted by atomic mass is 10.1. The molecule has 0 rings (SSSR count). The van der Waals surface area contributed by atoms with Gasteiger partial charge in [0.1, 0.15) is 0 Å². The van der Waals surface area contributed by atoms with Crippen molar-refractivity contribution < 1.29 is 9.53 Å². The van der Waals surface area contributed by atoms with Gasteiger partial charge in [0, 0.05) is 6.08 Å². The fourth-order valence-corrected chi connectivity index (χ4v) is 1.23. The van der Waals surface area contributed by atoms with Crippen LogP contribution in [0.4, 0.5) is 0 Å². The van der Waals surface area contributed by atoms with Gasteiger partial charge in [0.2, 0.25) is 0 Å². The first kappa shape index (κ1) is 13.6. The lowest BCUT2D eigenvalue weighted by Gasteiger charge is -2.04. The highest BCUT2D eigenvalue weighted by Gasteiger charge is 1.97. The summed E-state index contributed by atoms with van der Waals surface area (Å²) in [5.41, 5.74) is 0. The third kappa shape index (κ3) is 9.65. The van der Waals surface area contributed by atoms with Crippen molar-refractivity contribution in [2.24, 2.45) is 5.92 Å². The highest BCUT2D eigenvalue weighted by atomic mass is 32.1. The second-order valence-electron chi connectivity index (χ2n) is 3.73. The Labute approximate surface area is 92.1 Å². The molecule has 0 radical (unpaired) electrons. The van der Waals surface area contributed by atoms with E-state index in [1.54, 1.807) is 0 Å². The van der Waals surface area contributed by atoms with Crippen LogP contribution in [0.2, 0.25) is 0 Å². The molecule has 0 aromatic heterocycles. The molecule has 0 aliphatic rings. The summed E-state index contributed by atoms with van der Waals surface area (Å²) < 4.78 is 4.91. The van der Waals surface area contributed by atoms with Crippen LogP contribution >= 0.6 is 12.6 Å². The van der Waals surface area contributed by atoms with E-state index in [0.29, 0.717) is 6.61 Å². The van der Waals surface area contributed by atoms with Gasteiger partial charge < -0.3 is 4.74 Å². The van der Waals surface area contributed by atoms with Crippen LogP contribution in [0.25, 0.3) is 0 Å². The number of hydrogen-bond acceptors (Lipinski definition) is 3. The van der Waals surface area contributed by atoms with E-state index in [2.05, 4.69) is 26.5 Å². The Hall–Kier alpha value is -0.440. The maximum Gasteiger partial charge on any atom is 0.331 e. The predicted molar refractivity (Wildman–Crippen MR) is 62.4 cm³/mol. The van der Waals surface area contributed by atoms with Crippen LogP contribution in [0.1, 0.15) is 39.5 Å². The smallest absolute Gasteiger partial charge is 0.331 e. The highest BCUT2D eigenvalue weighted by molar-refractivity contribution is 7.83. The van der Waals surface area contributed by atoms with Crippen LogP contribution in [0.15, 0.2) is 11.5 Å². The molecule has 0 aliphatic carbocycles. The first-order valence-electron chi connectivity index (χ1n) is 5.14. The molecule has 0 atom stereocenters. The minimum absolute atomic E-state index is 0.302. The Morgan fingerprint density at radius 2 is 2.07 bits per heavy atom. The van der Waals surface area contributed by atoms with Crippen LogP contribution in [0.5, 0.6) is 0 Å². The molecular weight excluding hydrogens is 196 g/mol. The van der Waals surface area contributed by atoms with Crippen molar-refractivity contribution in [2.45, 2.75) is 39.5 Å². The summed E-state index contributed by atoms with van der Waals surface area (Å²) in [6.07, 6.45) is 5.88. The second-order valence-corrected chi connectivity index (χ2v) is 4.02. The molecule has 0 fully saturated rings. The lowest BCUT2D eigenvalue weighted by Crippen LogP contribution is -2.02. The number of thiol groups is 1. The summed E-state index contributed by atoms with van der Waals surface area (Å²) in [6.45, 7) is 4.96. The Morgan fingerprint density at radius 3 is 2.64 bits per heavy atom. The first-order chi connectivity index (χ1) is 6.66. The van der Waals surface area contributed by atoms with Crippen molar-refractivity contribution in [2.75, 3.05) is 6.61 Å². The number of unbranched alkanes of at least 4 members (excludes halogenated alkanes) is 2. The summed E-state index contributed by atoms with van der Waals surface area (Å²) in [4.78, 5) is 10.8. The fourth-order valence-electron chi connectivity index (χ4n) is 1.11. The molecule has 14 heavy (non-hydrogen) atoms. The first-order valence-corrected chi connectivity index (χ1v) is 5.66. The molecule has 0 bridgehead atoms. The van der Waals surface area contributed by atoms with Gasteiger partial charge in [-0.25, -0.2) is 4.79 Å². The summed E-state index contributed by atoms with van der Waals surface area (Å²) in [7, 11) is 0. The molecule has 0 aromatic rings. The van der Waals surface area contributed by atoms with Crippen LogP contribution < -0.4 is 0 Å². The fraction of sp³-hybridized carbons (Fsp3) is 0.727. The number of ether oxygens (including phenoxy) is 1. The molecule has 0 spiro atoms. The quantitative estimate of drug-likeness (QED) is 0.306. The number of rotatable bonds is 7. The maximum absolute atomic E-state index is 10.8. The van der Waals surface area contributed by atoms with Gasteiger partial charge in [0.25, 0.3) is 0 Å². The molecule has 0 aromatic carbocycles. The van der Waals surface area contributed by atoms with Gasteiger partial charge in [-0.3, -0.25) is 0 Å². The highest BCUT2D eigenvalue weighted by Crippen LogP contribution is 2.07. The monoisotopic (exact) mass is 216 g/mol. The van der Waals surface area contributed by atoms with Gasteiger partial charge in [-0.2, -0.15) is 12.6 Å². The van der Waals surface area contributed by atoms with Crippen LogP contribution in [0, 0.1) is 5.92 Å². The zero-order valence-corrected chi connectivity index (χ0v) is 9.93. The van der Waals surface area contributed by atoms with Crippen molar-refractivity contribution in [1.82, 2.24) is 0 Å². The van der Waals surface area contributed by atoms with Crippen LogP contribution in [-0.2, 0) is 9.53 Å². The number of esters is 1.